The molecule has 0 aromatic rings. The van der Waals surface area contributed by atoms with Crippen molar-refractivity contribution in [2.45, 2.75) is 13.3 Å². The molecule has 0 rings (SSSR count). The standard InChI is InChI=1S/C20H30N2O8/c1-6-15(4)11-22-19(26)30-14-20(8-3,18(25)27-5)13-29-17(24)12-21-9-10-28-16(23)7-2/h6-7,21H,1-2,4,8-14H2,3,5H3,(H,22,26). The van der Waals surface area contributed by atoms with Gasteiger partial charge in [0.15, 0.2) is 0 Å². The van der Waals surface area contributed by atoms with Crippen LogP contribution in [0.4, 0.5) is 4.79 Å². The van der Waals surface area contributed by atoms with Gasteiger partial charge in [-0.3, -0.25) is 9.59 Å². The molecule has 1 amide bonds. The minimum atomic E-state index is -1.35. The van der Waals surface area contributed by atoms with Gasteiger partial charge in [-0.05, 0) is 12.0 Å². The smallest absolute Gasteiger partial charge is 0.407 e. The molecule has 0 heterocycles. The summed E-state index contributed by atoms with van der Waals surface area (Å²) >= 11 is 0. The van der Waals surface area contributed by atoms with Gasteiger partial charge < -0.3 is 29.6 Å². The summed E-state index contributed by atoms with van der Waals surface area (Å²) in [7, 11) is 1.19. The summed E-state index contributed by atoms with van der Waals surface area (Å²) in [4.78, 5) is 46.9. The Labute approximate surface area is 176 Å². The number of ether oxygens (including phenoxy) is 4. The van der Waals surface area contributed by atoms with Crippen LogP contribution in [0.15, 0.2) is 37.5 Å². The van der Waals surface area contributed by atoms with Gasteiger partial charge in [0, 0.05) is 19.2 Å². The third kappa shape index (κ3) is 10.4. The molecule has 168 valence electrons. The Morgan fingerprint density at radius 3 is 2.23 bits per heavy atom. The second-order valence-electron chi connectivity index (χ2n) is 6.13. The second-order valence-corrected chi connectivity index (χ2v) is 6.13. The molecule has 0 aliphatic carbocycles. The number of alkyl carbamates (subject to hydrolysis) is 1. The van der Waals surface area contributed by atoms with E-state index in [1.807, 2.05) is 0 Å². The van der Waals surface area contributed by atoms with Gasteiger partial charge in [0.05, 0.1) is 13.7 Å². The summed E-state index contributed by atoms with van der Waals surface area (Å²) in [6.07, 6.45) is 1.96. The normalized spacial score (nSPS) is 11.9. The van der Waals surface area contributed by atoms with E-state index in [4.69, 9.17) is 18.9 Å². The van der Waals surface area contributed by atoms with Gasteiger partial charge in [0.2, 0.25) is 0 Å². The summed E-state index contributed by atoms with van der Waals surface area (Å²) in [6.45, 7) is 11.7. The number of carbonyl (C=O) groups is 4. The van der Waals surface area contributed by atoms with Crippen LogP contribution in [0.25, 0.3) is 0 Å². The van der Waals surface area contributed by atoms with Gasteiger partial charge in [-0.1, -0.05) is 32.7 Å². The molecule has 0 radical (unpaired) electrons. The highest BCUT2D eigenvalue weighted by molar-refractivity contribution is 5.81. The van der Waals surface area contributed by atoms with Crippen LogP contribution in [0.5, 0.6) is 0 Å². The van der Waals surface area contributed by atoms with Crippen LogP contribution in [0.1, 0.15) is 13.3 Å². The van der Waals surface area contributed by atoms with E-state index < -0.39 is 29.4 Å². The molecule has 1 unspecified atom stereocenters. The lowest BCUT2D eigenvalue weighted by Gasteiger charge is -2.28. The fourth-order valence-corrected chi connectivity index (χ4v) is 1.98. The van der Waals surface area contributed by atoms with Crippen molar-refractivity contribution >= 4 is 24.0 Å². The van der Waals surface area contributed by atoms with Crippen molar-refractivity contribution in [2.24, 2.45) is 5.41 Å². The third-order valence-corrected chi connectivity index (χ3v) is 3.99. The molecule has 10 nitrogen and oxygen atoms in total. The molecule has 0 spiro atoms. The minimum absolute atomic E-state index is 0.0560. The van der Waals surface area contributed by atoms with E-state index in [0.29, 0.717) is 5.57 Å². The van der Waals surface area contributed by atoms with E-state index in [-0.39, 0.29) is 45.9 Å². The highest BCUT2D eigenvalue weighted by Crippen LogP contribution is 2.25. The maximum absolute atomic E-state index is 12.3. The van der Waals surface area contributed by atoms with E-state index in [0.717, 1.165) is 6.08 Å². The Balaban J connectivity index is 4.61. The number of esters is 3. The number of carbonyl (C=O) groups excluding carboxylic acids is 4. The second kappa shape index (κ2) is 14.8. The van der Waals surface area contributed by atoms with Crippen molar-refractivity contribution in [3.63, 3.8) is 0 Å². The van der Waals surface area contributed by atoms with Crippen molar-refractivity contribution in [3.05, 3.63) is 37.5 Å². The van der Waals surface area contributed by atoms with Crippen LogP contribution in [-0.4, -0.2) is 70.6 Å². The number of rotatable bonds is 15. The lowest BCUT2D eigenvalue weighted by molar-refractivity contribution is -0.164. The summed E-state index contributed by atoms with van der Waals surface area (Å²) in [5.41, 5.74) is -0.765. The topological polar surface area (TPSA) is 129 Å². The zero-order valence-corrected chi connectivity index (χ0v) is 17.5. The third-order valence-electron chi connectivity index (χ3n) is 3.99. The lowest BCUT2D eigenvalue weighted by atomic mass is 9.87. The van der Waals surface area contributed by atoms with Gasteiger partial charge in [-0.15, -0.1) is 0 Å². The maximum atomic E-state index is 12.3. The number of hydrogen-bond donors (Lipinski definition) is 2. The Hall–Kier alpha value is -3.14. The van der Waals surface area contributed by atoms with Crippen molar-refractivity contribution < 1.29 is 38.1 Å². The summed E-state index contributed by atoms with van der Waals surface area (Å²) in [6, 6.07) is 0. The number of amides is 1. The number of hydrogen-bond acceptors (Lipinski definition) is 9. The highest BCUT2D eigenvalue weighted by atomic mass is 16.6. The summed E-state index contributed by atoms with van der Waals surface area (Å²) < 4.78 is 19.8. The molecule has 0 fully saturated rings. The average molecular weight is 426 g/mol. The molecule has 30 heavy (non-hydrogen) atoms. The van der Waals surface area contributed by atoms with Crippen molar-refractivity contribution in [1.29, 1.82) is 0 Å². The lowest BCUT2D eigenvalue weighted by Crippen LogP contribution is -2.44. The van der Waals surface area contributed by atoms with E-state index in [2.05, 4.69) is 30.4 Å². The molecule has 0 bridgehead atoms. The molecule has 0 aromatic carbocycles. The van der Waals surface area contributed by atoms with Crippen LogP contribution >= 0.6 is 0 Å². The van der Waals surface area contributed by atoms with Gasteiger partial charge in [0.25, 0.3) is 0 Å². The van der Waals surface area contributed by atoms with E-state index >= 15 is 0 Å². The molecule has 0 saturated heterocycles. The predicted molar refractivity (Wildman–Crippen MR) is 108 cm³/mol. The predicted octanol–water partition coefficient (Wildman–Crippen LogP) is 0.886. The van der Waals surface area contributed by atoms with Crippen LogP contribution in [0, 0.1) is 5.41 Å². The van der Waals surface area contributed by atoms with Crippen molar-refractivity contribution in [2.75, 3.05) is 46.6 Å². The van der Waals surface area contributed by atoms with Crippen LogP contribution in [-0.2, 0) is 33.3 Å². The Morgan fingerprint density at radius 2 is 1.67 bits per heavy atom. The minimum Gasteiger partial charge on any atom is -0.468 e. The molecule has 0 saturated carbocycles. The quantitative estimate of drug-likeness (QED) is 0.129. The molecule has 10 heteroatoms. The van der Waals surface area contributed by atoms with Crippen molar-refractivity contribution in [1.82, 2.24) is 10.6 Å². The first-order valence-electron chi connectivity index (χ1n) is 9.19. The number of nitrogens with one attached hydrogen (secondary N) is 2. The van der Waals surface area contributed by atoms with E-state index in [1.54, 1.807) is 6.92 Å². The first-order chi connectivity index (χ1) is 14.2. The molecule has 2 N–H and O–H groups in total. The van der Waals surface area contributed by atoms with Gasteiger partial charge in [-0.25, -0.2) is 9.59 Å². The molecule has 1 atom stereocenters. The highest BCUT2D eigenvalue weighted by Gasteiger charge is 2.41. The SMILES string of the molecule is C=CC(=C)CNC(=O)OCC(CC)(COC(=O)CNCCOC(=O)C=C)C(=O)OC. The largest absolute Gasteiger partial charge is 0.468 e. The van der Waals surface area contributed by atoms with Crippen LogP contribution in [0.2, 0.25) is 0 Å². The average Bonchev–Trinajstić information content (AvgIpc) is 2.76. The molecular weight excluding hydrogens is 396 g/mol. The monoisotopic (exact) mass is 426 g/mol. The van der Waals surface area contributed by atoms with Gasteiger partial charge in [-0.2, -0.15) is 0 Å². The number of methoxy groups -OCH3 is 1. The molecule has 0 aliphatic heterocycles. The zero-order chi connectivity index (χ0) is 23.0. The fraction of sp³-hybridized carbons (Fsp3) is 0.500. The summed E-state index contributed by atoms with van der Waals surface area (Å²) in [5, 5.41) is 5.19. The van der Waals surface area contributed by atoms with E-state index in [9.17, 15) is 19.2 Å². The fourth-order valence-electron chi connectivity index (χ4n) is 1.98. The van der Waals surface area contributed by atoms with Crippen LogP contribution in [0.3, 0.4) is 0 Å². The zero-order valence-electron chi connectivity index (χ0n) is 17.5. The van der Waals surface area contributed by atoms with Crippen molar-refractivity contribution in [3.8, 4) is 0 Å². The van der Waals surface area contributed by atoms with Gasteiger partial charge >= 0.3 is 24.0 Å². The first kappa shape index (κ1) is 26.9. The Morgan fingerprint density at radius 1 is 1.00 bits per heavy atom. The van der Waals surface area contributed by atoms with E-state index in [1.165, 1.54) is 13.2 Å². The van der Waals surface area contributed by atoms with Gasteiger partial charge in [0.1, 0.15) is 25.2 Å². The van der Waals surface area contributed by atoms with Crippen LogP contribution < -0.4 is 10.6 Å². The first-order valence-corrected chi connectivity index (χ1v) is 9.19. The maximum Gasteiger partial charge on any atom is 0.407 e. The molecular formula is C20H30N2O8. The Bertz CT molecular complexity index is 647. The molecule has 0 aliphatic rings. The molecule has 0 aromatic heterocycles. The Kier molecular flexibility index (Phi) is 13.3. The summed E-state index contributed by atoms with van der Waals surface area (Å²) in [5.74, 6) is -1.88.